The first-order chi connectivity index (χ1) is 13.8. The van der Waals surface area contributed by atoms with Gasteiger partial charge in [0.1, 0.15) is 0 Å². The highest BCUT2D eigenvalue weighted by Gasteiger charge is 2.21. The van der Waals surface area contributed by atoms with E-state index >= 15 is 0 Å². The zero-order valence-electron chi connectivity index (χ0n) is 15.8. The molecule has 1 aliphatic rings. The number of thiophene rings is 1. The van der Waals surface area contributed by atoms with Crippen LogP contribution < -0.4 is 4.90 Å². The van der Waals surface area contributed by atoms with Crippen LogP contribution in [0.5, 0.6) is 0 Å². The van der Waals surface area contributed by atoms with Crippen LogP contribution in [0.4, 0.5) is 5.82 Å². The van der Waals surface area contributed by atoms with Crippen LogP contribution in [-0.4, -0.2) is 50.4 Å². The molecule has 0 atom stereocenters. The number of aromatic nitrogens is 4. The Kier molecular flexibility index (Phi) is 4.54. The van der Waals surface area contributed by atoms with Gasteiger partial charge in [0.15, 0.2) is 11.5 Å². The molecule has 0 spiro atoms. The molecule has 5 heterocycles. The van der Waals surface area contributed by atoms with Gasteiger partial charge in [0.2, 0.25) is 0 Å². The summed E-state index contributed by atoms with van der Waals surface area (Å²) in [4.78, 5) is 18.8. The molecule has 0 saturated carbocycles. The first-order valence-corrected chi connectivity index (χ1v) is 10.5. The van der Waals surface area contributed by atoms with Gasteiger partial charge >= 0.3 is 0 Å². The molecule has 0 bridgehead atoms. The van der Waals surface area contributed by atoms with E-state index in [2.05, 4.69) is 58.1 Å². The van der Waals surface area contributed by atoms with Crippen molar-refractivity contribution >= 4 is 22.8 Å². The maximum absolute atomic E-state index is 4.69. The van der Waals surface area contributed by atoms with Gasteiger partial charge in [-0.2, -0.15) is 11.3 Å². The number of aryl methyl sites for hydroxylation is 1. The summed E-state index contributed by atoms with van der Waals surface area (Å²) in [6.45, 7) is 6.83. The third kappa shape index (κ3) is 3.27. The van der Waals surface area contributed by atoms with Gasteiger partial charge in [-0.25, -0.2) is 9.97 Å². The summed E-state index contributed by atoms with van der Waals surface area (Å²) < 4.78 is 2.15. The van der Waals surface area contributed by atoms with Crippen LogP contribution in [0.15, 0.2) is 53.6 Å². The molecular formula is C21H22N6S. The van der Waals surface area contributed by atoms with Crippen LogP contribution in [0.1, 0.15) is 11.4 Å². The Morgan fingerprint density at radius 3 is 2.75 bits per heavy atom. The van der Waals surface area contributed by atoms with Gasteiger partial charge in [0, 0.05) is 61.8 Å². The normalized spacial score (nSPS) is 15.4. The number of hydrogen-bond donors (Lipinski definition) is 0. The van der Waals surface area contributed by atoms with E-state index in [1.807, 2.05) is 31.6 Å². The molecule has 0 aromatic carbocycles. The van der Waals surface area contributed by atoms with Crippen LogP contribution in [0.3, 0.4) is 0 Å². The van der Waals surface area contributed by atoms with Gasteiger partial charge in [0.05, 0.1) is 17.6 Å². The van der Waals surface area contributed by atoms with Crippen molar-refractivity contribution < 1.29 is 0 Å². The zero-order valence-corrected chi connectivity index (χ0v) is 16.6. The van der Waals surface area contributed by atoms with Crippen molar-refractivity contribution in [2.24, 2.45) is 0 Å². The largest absolute Gasteiger partial charge is 0.351 e. The summed E-state index contributed by atoms with van der Waals surface area (Å²) in [6.07, 6.45) is 5.82. The quantitative estimate of drug-likeness (QED) is 0.534. The average Bonchev–Trinajstić information content (AvgIpc) is 3.38. The van der Waals surface area contributed by atoms with E-state index in [4.69, 9.17) is 0 Å². The van der Waals surface area contributed by atoms with Crippen molar-refractivity contribution in [3.05, 3.63) is 65.0 Å². The molecule has 5 rings (SSSR count). The van der Waals surface area contributed by atoms with E-state index in [-0.39, 0.29) is 0 Å². The second-order valence-corrected chi connectivity index (χ2v) is 7.91. The van der Waals surface area contributed by atoms with Gasteiger partial charge < -0.3 is 4.90 Å². The van der Waals surface area contributed by atoms with E-state index in [1.54, 1.807) is 11.3 Å². The summed E-state index contributed by atoms with van der Waals surface area (Å²) in [6, 6.07) is 8.37. The second kappa shape index (κ2) is 7.33. The molecule has 0 unspecified atom stereocenters. The molecule has 1 aliphatic heterocycles. The Bertz CT molecular complexity index is 1080. The molecule has 4 aromatic heterocycles. The van der Waals surface area contributed by atoms with Gasteiger partial charge in [-0.05, 0) is 30.5 Å². The van der Waals surface area contributed by atoms with Crippen LogP contribution in [-0.2, 0) is 6.54 Å². The summed E-state index contributed by atoms with van der Waals surface area (Å²) in [5.41, 5.74) is 5.46. The van der Waals surface area contributed by atoms with Crippen molar-refractivity contribution in [1.29, 1.82) is 0 Å². The lowest BCUT2D eigenvalue weighted by Gasteiger charge is -2.35. The minimum Gasteiger partial charge on any atom is -0.351 e. The topological polar surface area (TPSA) is 49.6 Å². The first-order valence-electron chi connectivity index (χ1n) is 9.52. The molecule has 6 nitrogen and oxygen atoms in total. The second-order valence-electron chi connectivity index (χ2n) is 7.13. The van der Waals surface area contributed by atoms with Crippen molar-refractivity contribution in [3.63, 3.8) is 0 Å². The van der Waals surface area contributed by atoms with Crippen molar-refractivity contribution in [3.8, 4) is 11.3 Å². The Morgan fingerprint density at radius 1 is 1.07 bits per heavy atom. The fourth-order valence-corrected chi connectivity index (χ4v) is 4.44. The van der Waals surface area contributed by atoms with Gasteiger partial charge in [-0.1, -0.05) is 6.07 Å². The van der Waals surface area contributed by atoms with E-state index < -0.39 is 0 Å². The predicted molar refractivity (Wildman–Crippen MR) is 113 cm³/mol. The Labute approximate surface area is 168 Å². The minimum atomic E-state index is 0.902. The summed E-state index contributed by atoms with van der Waals surface area (Å²) >= 11 is 1.70. The number of fused-ring (bicyclic) bond motifs is 1. The van der Waals surface area contributed by atoms with Crippen LogP contribution in [0.25, 0.3) is 16.9 Å². The number of piperazine rings is 1. The third-order valence-corrected chi connectivity index (χ3v) is 5.91. The number of rotatable bonds is 4. The van der Waals surface area contributed by atoms with Crippen molar-refractivity contribution in [2.45, 2.75) is 13.5 Å². The van der Waals surface area contributed by atoms with Gasteiger partial charge in [-0.3, -0.25) is 14.3 Å². The number of pyridine rings is 1. The molecule has 0 N–H and O–H groups in total. The van der Waals surface area contributed by atoms with Gasteiger partial charge in [0.25, 0.3) is 0 Å². The SMILES string of the molecule is Cc1cccc(CN2CCN(c3nccn4c(-c5ccsc5)cnc34)CC2)n1. The maximum atomic E-state index is 4.69. The molecular weight excluding hydrogens is 368 g/mol. The smallest absolute Gasteiger partial charge is 0.180 e. The Hall–Kier alpha value is -2.77. The Morgan fingerprint density at radius 2 is 1.96 bits per heavy atom. The first kappa shape index (κ1) is 17.3. The maximum Gasteiger partial charge on any atom is 0.180 e. The number of nitrogens with zero attached hydrogens (tertiary/aromatic N) is 6. The molecule has 28 heavy (non-hydrogen) atoms. The molecule has 0 amide bonds. The molecule has 142 valence electrons. The third-order valence-electron chi connectivity index (χ3n) is 5.23. The summed E-state index contributed by atoms with van der Waals surface area (Å²) in [5, 5.41) is 4.25. The fraction of sp³-hybridized carbons (Fsp3) is 0.286. The highest BCUT2D eigenvalue weighted by atomic mass is 32.1. The van der Waals surface area contributed by atoms with E-state index in [0.29, 0.717) is 0 Å². The number of imidazole rings is 1. The van der Waals surface area contributed by atoms with Crippen molar-refractivity contribution in [1.82, 2.24) is 24.3 Å². The molecule has 1 saturated heterocycles. The summed E-state index contributed by atoms with van der Waals surface area (Å²) in [5.74, 6) is 0.970. The van der Waals surface area contributed by atoms with Gasteiger partial charge in [-0.15, -0.1) is 0 Å². The number of anilines is 1. The lowest BCUT2D eigenvalue weighted by Crippen LogP contribution is -2.46. The fourth-order valence-electron chi connectivity index (χ4n) is 3.79. The van der Waals surface area contributed by atoms with Crippen LogP contribution in [0.2, 0.25) is 0 Å². The number of hydrogen-bond acceptors (Lipinski definition) is 6. The van der Waals surface area contributed by atoms with Crippen LogP contribution in [0, 0.1) is 6.92 Å². The highest BCUT2D eigenvalue weighted by Crippen LogP contribution is 2.27. The summed E-state index contributed by atoms with van der Waals surface area (Å²) in [7, 11) is 0. The molecule has 4 aromatic rings. The Balaban J connectivity index is 1.33. The lowest BCUT2D eigenvalue weighted by molar-refractivity contribution is 0.246. The molecule has 7 heteroatoms. The average molecular weight is 391 g/mol. The minimum absolute atomic E-state index is 0.902. The molecule has 1 fully saturated rings. The highest BCUT2D eigenvalue weighted by molar-refractivity contribution is 7.08. The zero-order chi connectivity index (χ0) is 18.9. The van der Waals surface area contributed by atoms with E-state index in [1.165, 1.54) is 5.56 Å². The molecule has 0 radical (unpaired) electrons. The molecule has 0 aliphatic carbocycles. The standard InChI is InChI=1S/C21H22N6S/c1-16-3-2-4-18(24-16)14-25-8-10-26(11-9-25)20-21-23-13-19(17-5-12-28-15-17)27(21)7-6-22-20/h2-7,12-13,15H,8-11,14H2,1H3. The van der Waals surface area contributed by atoms with Crippen molar-refractivity contribution in [2.75, 3.05) is 31.1 Å². The van der Waals surface area contributed by atoms with E-state index in [0.717, 1.165) is 61.3 Å². The monoisotopic (exact) mass is 390 g/mol. The lowest BCUT2D eigenvalue weighted by atomic mass is 10.2. The van der Waals surface area contributed by atoms with Crippen LogP contribution >= 0.6 is 11.3 Å². The predicted octanol–water partition coefficient (Wildman–Crippen LogP) is 3.48. The van der Waals surface area contributed by atoms with E-state index in [9.17, 15) is 0 Å².